The largest absolute Gasteiger partial charge is 0.326 e. The molecule has 1 aromatic carbocycles. The average Bonchev–Trinajstić information content (AvgIpc) is 2.41. The molecule has 3 nitrogen and oxygen atoms in total. The van der Waals surface area contributed by atoms with Gasteiger partial charge in [0.05, 0.1) is 5.88 Å². The van der Waals surface area contributed by atoms with Crippen LogP contribution in [0.3, 0.4) is 0 Å². The van der Waals surface area contributed by atoms with Crippen LogP contribution in [0.4, 0.5) is 11.5 Å². The van der Waals surface area contributed by atoms with Crippen molar-refractivity contribution in [3.63, 3.8) is 0 Å². The van der Waals surface area contributed by atoms with Crippen LogP contribution in [0, 0.1) is 0 Å². The highest BCUT2D eigenvalue weighted by Gasteiger charge is 2.15. The number of rotatable bonds is 4. The Morgan fingerprint density at radius 3 is 2.50 bits per heavy atom. The molecule has 94 valence electrons. The second-order valence-corrected chi connectivity index (χ2v) is 4.31. The summed E-state index contributed by atoms with van der Waals surface area (Å²) in [6.07, 6.45) is 1.46. The number of alkyl halides is 1. The van der Waals surface area contributed by atoms with Crippen LogP contribution in [-0.4, -0.2) is 16.5 Å². The van der Waals surface area contributed by atoms with Crippen LogP contribution >= 0.6 is 23.2 Å². The highest BCUT2D eigenvalue weighted by molar-refractivity contribution is 6.31. The van der Waals surface area contributed by atoms with E-state index in [2.05, 4.69) is 21.8 Å². The van der Waals surface area contributed by atoms with E-state index < -0.39 is 0 Å². The van der Waals surface area contributed by atoms with Crippen molar-refractivity contribution in [3.8, 4) is 0 Å². The van der Waals surface area contributed by atoms with Gasteiger partial charge in [-0.25, -0.2) is 9.97 Å². The van der Waals surface area contributed by atoms with Crippen molar-refractivity contribution in [3.05, 3.63) is 47.4 Å². The Bertz CT molecular complexity index is 517. The van der Waals surface area contributed by atoms with E-state index in [1.165, 1.54) is 6.33 Å². The maximum atomic E-state index is 6.06. The van der Waals surface area contributed by atoms with Crippen LogP contribution in [0.25, 0.3) is 0 Å². The number of hydrogen-bond donors (Lipinski definition) is 0. The fraction of sp³-hybridized carbons (Fsp3) is 0.231. The molecule has 0 saturated heterocycles. The van der Waals surface area contributed by atoms with Gasteiger partial charge in [-0.2, -0.15) is 0 Å². The average molecular weight is 282 g/mol. The lowest BCUT2D eigenvalue weighted by Gasteiger charge is -2.24. The molecule has 0 atom stereocenters. The SMILES string of the molecule is CCN(c1ccccc1)c1ncnc(Cl)c1CCl. The van der Waals surface area contributed by atoms with Crippen molar-refractivity contribution in [1.82, 2.24) is 9.97 Å². The first-order valence-electron chi connectivity index (χ1n) is 5.65. The molecule has 1 aromatic heterocycles. The Labute approximate surface area is 116 Å². The van der Waals surface area contributed by atoms with E-state index in [0.717, 1.165) is 23.6 Å². The van der Waals surface area contributed by atoms with Crippen LogP contribution in [0.1, 0.15) is 12.5 Å². The molecule has 0 aliphatic rings. The first-order chi connectivity index (χ1) is 8.77. The van der Waals surface area contributed by atoms with Gasteiger partial charge in [0, 0.05) is 17.8 Å². The summed E-state index contributed by atoms with van der Waals surface area (Å²) in [7, 11) is 0. The van der Waals surface area contributed by atoms with Gasteiger partial charge in [0.1, 0.15) is 17.3 Å². The van der Waals surface area contributed by atoms with Gasteiger partial charge >= 0.3 is 0 Å². The Kier molecular flexibility index (Phi) is 4.39. The Morgan fingerprint density at radius 2 is 1.89 bits per heavy atom. The third-order valence-electron chi connectivity index (χ3n) is 2.64. The van der Waals surface area contributed by atoms with Gasteiger partial charge in [-0.05, 0) is 19.1 Å². The quantitative estimate of drug-likeness (QED) is 0.626. The molecule has 0 aliphatic heterocycles. The number of benzene rings is 1. The van der Waals surface area contributed by atoms with Crippen molar-refractivity contribution in [2.75, 3.05) is 11.4 Å². The molecule has 0 radical (unpaired) electrons. The number of hydrogen-bond acceptors (Lipinski definition) is 3. The van der Waals surface area contributed by atoms with Crippen LogP contribution in [0.15, 0.2) is 36.7 Å². The molecule has 0 unspecified atom stereocenters. The van der Waals surface area contributed by atoms with Gasteiger partial charge in [-0.3, -0.25) is 0 Å². The zero-order chi connectivity index (χ0) is 13.0. The molecule has 0 amide bonds. The van der Waals surface area contributed by atoms with Gasteiger partial charge in [-0.1, -0.05) is 29.8 Å². The summed E-state index contributed by atoms with van der Waals surface area (Å²) < 4.78 is 0. The summed E-state index contributed by atoms with van der Waals surface area (Å²) in [5.41, 5.74) is 1.81. The molecular formula is C13H13Cl2N3. The topological polar surface area (TPSA) is 29.0 Å². The number of halogens is 2. The fourth-order valence-electron chi connectivity index (χ4n) is 1.79. The number of anilines is 2. The highest BCUT2D eigenvalue weighted by Crippen LogP contribution is 2.30. The smallest absolute Gasteiger partial charge is 0.142 e. The van der Waals surface area contributed by atoms with E-state index in [1.54, 1.807) is 0 Å². The second-order valence-electron chi connectivity index (χ2n) is 3.68. The summed E-state index contributed by atoms with van der Waals surface area (Å²) in [6.45, 7) is 2.84. The summed E-state index contributed by atoms with van der Waals surface area (Å²) in [4.78, 5) is 10.3. The predicted octanol–water partition coefficient (Wildman–Crippen LogP) is 4.03. The summed E-state index contributed by atoms with van der Waals surface area (Å²) in [5, 5.41) is 0.407. The Hall–Kier alpha value is -1.32. The molecular weight excluding hydrogens is 269 g/mol. The van der Waals surface area contributed by atoms with E-state index >= 15 is 0 Å². The van der Waals surface area contributed by atoms with E-state index in [-0.39, 0.29) is 0 Å². The number of aromatic nitrogens is 2. The van der Waals surface area contributed by atoms with Gasteiger partial charge in [-0.15, -0.1) is 11.6 Å². The first-order valence-corrected chi connectivity index (χ1v) is 6.57. The Morgan fingerprint density at radius 1 is 1.17 bits per heavy atom. The minimum atomic E-state index is 0.290. The summed E-state index contributed by atoms with van der Waals surface area (Å²) in [5.74, 6) is 1.05. The van der Waals surface area contributed by atoms with Crippen LogP contribution in [0.2, 0.25) is 5.15 Å². The normalized spacial score (nSPS) is 10.4. The van der Waals surface area contributed by atoms with E-state index in [4.69, 9.17) is 23.2 Å². The molecule has 2 aromatic rings. The monoisotopic (exact) mass is 281 g/mol. The molecule has 2 rings (SSSR count). The zero-order valence-corrected chi connectivity index (χ0v) is 11.5. The minimum absolute atomic E-state index is 0.290. The Balaban J connectivity index is 2.49. The van der Waals surface area contributed by atoms with Crippen LogP contribution in [0.5, 0.6) is 0 Å². The number of para-hydroxylation sites is 1. The van der Waals surface area contributed by atoms with Gasteiger partial charge < -0.3 is 4.90 Å². The van der Waals surface area contributed by atoms with Crippen molar-refractivity contribution in [2.45, 2.75) is 12.8 Å². The van der Waals surface area contributed by atoms with E-state index in [9.17, 15) is 0 Å². The molecule has 1 heterocycles. The van der Waals surface area contributed by atoms with E-state index in [1.807, 2.05) is 30.3 Å². The lowest BCUT2D eigenvalue weighted by atomic mass is 10.2. The van der Waals surface area contributed by atoms with Crippen molar-refractivity contribution >= 4 is 34.7 Å². The third kappa shape index (κ3) is 2.57. The summed E-state index contributed by atoms with van der Waals surface area (Å²) >= 11 is 12.0. The standard InChI is InChI=1S/C13H13Cl2N3/c1-2-18(10-6-4-3-5-7-10)13-11(8-14)12(15)16-9-17-13/h3-7,9H,2,8H2,1H3. The lowest BCUT2D eigenvalue weighted by molar-refractivity contribution is 0.959. The molecule has 0 saturated carbocycles. The fourth-order valence-corrected chi connectivity index (χ4v) is 2.30. The van der Waals surface area contributed by atoms with Crippen LogP contribution < -0.4 is 4.90 Å². The maximum absolute atomic E-state index is 6.06. The predicted molar refractivity (Wildman–Crippen MR) is 75.7 cm³/mol. The second kappa shape index (κ2) is 6.03. The summed E-state index contributed by atoms with van der Waals surface area (Å²) in [6, 6.07) is 10.0. The lowest BCUT2D eigenvalue weighted by Crippen LogP contribution is -2.19. The number of nitrogens with zero attached hydrogens (tertiary/aromatic N) is 3. The first kappa shape index (κ1) is 13.1. The molecule has 0 bridgehead atoms. The minimum Gasteiger partial charge on any atom is -0.326 e. The third-order valence-corrected chi connectivity index (χ3v) is 3.24. The maximum Gasteiger partial charge on any atom is 0.142 e. The van der Waals surface area contributed by atoms with Crippen molar-refractivity contribution in [1.29, 1.82) is 0 Å². The molecule has 0 fully saturated rings. The van der Waals surface area contributed by atoms with Gasteiger partial charge in [0.2, 0.25) is 0 Å². The molecule has 0 aliphatic carbocycles. The molecule has 18 heavy (non-hydrogen) atoms. The zero-order valence-electron chi connectivity index (χ0n) is 9.98. The van der Waals surface area contributed by atoms with E-state index in [0.29, 0.717) is 11.0 Å². The highest BCUT2D eigenvalue weighted by atomic mass is 35.5. The van der Waals surface area contributed by atoms with Gasteiger partial charge in [0.15, 0.2) is 0 Å². The van der Waals surface area contributed by atoms with Crippen molar-refractivity contribution < 1.29 is 0 Å². The van der Waals surface area contributed by atoms with Crippen LogP contribution in [-0.2, 0) is 5.88 Å². The van der Waals surface area contributed by atoms with Crippen molar-refractivity contribution in [2.24, 2.45) is 0 Å². The molecule has 0 N–H and O–H groups in total. The van der Waals surface area contributed by atoms with Gasteiger partial charge in [0.25, 0.3) is 0 Å². The molecule has 5 heteroatoms. The molecule has 0 spiro atoms.